The van der Waals surface area contributed by atoms with Gasteiger partial charge in [-0.25, -0.2) is 9.47 Å². The lowest BCUT2D eigenvalue weighted by atomic mass is 9.89. The highest BCUT2D eigenvalue weighted by molar-refractivity contribution is 5.75. The largest absolute Gasteiger partial charge is 0.513 e. The second kappa shape index (κ2) is 9.60. The number of fused-ring (bicyclic) bond motifs is 2. The second-order valence-electron chi connectivity index (χ2n) is 11.8. The van der Waals surface area contributed by atoms with Gasteiger partial charge < -0.3 is 9.67 Å². The number of quaternary nitrogens is 1. The summed E-state index contributed by atoms with van der Waals surface area (Å²) in [7, 11) is 2.19. The average molecular weight is 491 g/mol. The lowest BCUT2D eigenvalue weighted by molar-refractivity contribution is -0.911. The number of nitrogens with zero attached hydrogens (tertiary/aromatic N) is 5. The number of benzene rings is 1. The minimum absolute atomic E-state index is 0.129. The Hall–Kier alpha value is -2.77. The molecule has 1 fully saturated rings. The van der Waals surface area contributed by atoms with E-state index in [-0.39, 0.29) is 22.0 Å². The number of piperidine rings is 1. The fraction of sp³-hybridized carbons (Fsp3) is 0.552. The van der Waals surface area contributed by atoms with Gasteiger partial charge in [0.05, 0.1) is 42.4 Å². The molecule has 1 N–H and O–H groups in total. The Bertz CT molecular complexity index is 1250. The van der Waals surface area contributed by atoms with E-state index in [4.69, 9.17) is 9.97 Å². The number of para-hydroxylation sites is 2. The van der Waals surface area contributed by atoms with E-state index in [2.05, 4.69) is 61.6 Å². The lowest BCUT2D eigenvalue weighted by Crippen LogP contribution is -2.67. The molecule has 7 nitrogen and oxygen atoms in total. The van der Waals surface area contributed by atoms with Gasteiger partial charge in [-0.3, -0.25) is 9.88 Å². The van der Waals surface area contributed by atoms with Gasteiger partial charge in [-0.15, -0.1) is 0 Å². The first-order valence-corrected chi connectivity index (χ1v) is 13.4. The molecule has 5 rings (SSSR count). The Kier molecular flexibility index (Phi) is 6.64. The predicted octanol–water partition coefficient (Wildman–Crippen LogP) is 5.64. The molecule has 0 saturated carbocycles. The number of pyridine rings is 1. The van der Waals surface area contributed by atoms with Crippen LogP contribution in [0.25, 0.3) is 11.0 Å². The van der Waals surface area contributed by atoms with Crippen molar-refractivity contribution in [3.8, 4) is 0 Å². The van der Waals surface area contributed by atoms with Gasteiger partial charge >= 0.3 is 6.09 Å². The molecule has 1 saturated heterocycles. The normalized spacial score (nSPS) is 24.7. The van der Waals surface area contributed by atoms with E-state index in [1.54, 1.807) is 0 Å². The van der Waals surface area contributed by atoms with Crippen LogP contribution in [0.1, 0.15) is 69.6 Å². The van der Waals surface area contributed by atoms with Gasteiger partial charge in [0, 0.05) is 18.7 Å². The summed E-state index contributed by atoms with van der Waals surface area (Å²) in [5.41, 5.74) is 4.37. The van der Waals surface area contributed by atoms with E-state index in [1.807, 2.05) is 18.3 Å². The van der Waals surface area contributed by atoms with Gasteiger partial charge in [-0.2, -0.15) is 4.79 Å². The number of rotatable bonds is 5. The van der Waals surface area contributed by atoms with Crippen molar-refractivity contribution in [1.82, 2.24) is 19.4 Å². The number of hydrogen-bond acceptors (Lipinski definition) is 4. The topological polar surface area (TPSA) is 71.2 Å². The fourth-order valence-electron chi connectivity index (χ4n) is 6.55. The quantitative estimate of drug-likeness (QED) is 0.469. The third kappa shape index (κ3) is 4.43. The first-order chi connectivity index (χ1) is 17.2. The van der Waals surface area contributed by atoms with Gasteiger partial charge in [-0.05, 0) is 83.7 Å². The maximum atomic E-state index is 12.5. The molecule has 1 aliphatic heterocycles. The Balaban J connectivity index is 1.44. The van der Waals surface area contributed by atoms with Crippen LogP contribution < -0.4 is 0 Å². The highest BCUT2D eigenvalue weighted by Gasteiger charge is 2.50. The van der Waals surface area contributed by atoms with Crippen LogP contribution in [0, 0.1) is 5.92 Å². The molecule has 0 bridgehead atoms. The maximum absolute atomic E-state index is 12.5. The molecule has 0 spiro atoms. The molecule has 3 aromatic rings. The Morgan fingerprint density at radius 3 is 2.75 bits per heavy atom. The van der Waals surface area contributed by atoms with Crippen LogP contribution in [0.15, 0.2) is 42.6 Å². The van der Waals surface area contributed by atoms with Crippen LogP contribution in [-0.2, 0) is 19.5 Å². The number of hydrogen-bond donors (Lipinski definition) is 1. The zero-order chi connectivity index (χ0) is 25.5. The minimum atomic E-state index is -0.703. The van der Waals surface area contributed by atoms with E-state index in [9.17, 15) is 9.90 Å². The molecule has 2 aromatic heterocycles. The number of carbonyl (C=O) groups is 1. The van der Waals surface area contributed by atoms with Crippen LogP contribution in [0.5, 0.6) is 0 Å². The highest BCUT2D eigenvalue weighted by atomic mass is 16.4. The lowest BCUT2D eigenvalue weighted by Gasteiger charge is -2.48. The molecular formula is C29H40N5O2+. The SMILES string of the molecule is CN(Cc1nc2ccccc2n1C[C@@H]1CCC[N+](C(=O)O)(C(C)(C)C)C1)[C@H]1CCCc2cccnc21. The fourth-order valence-corrected chi connectivity index (χ4v) is 6.55. The standard InChI is InChI=1S/C29H39N5O2/c1-29(2,3)34(28(35)36)17-9-10-21(20-34)18-33-24-14-6-5-13-23(24)31-26(33)19-32(4)25-15-7-11-22-12-8-16-30-27(22)25/h5-6,8,12-14,16,21,25H,7,9-11,15,17-20H2,1-4H3/p+1/t21-,25-,34?/m0/s1. The van der Waals surface area contributed by atoms with Crippen LogP contribution >= 0.6 is 0 Å². The highest BCUT2D eigenvalue weighted by Crippen LogP contribution is 2.36. The van der Waals surface area contributed by atoms with Gasteiger partial charge in [0.2, 0.25) is 0 Å². The van der Waals surface area contributed by atoms with Crippen molar-refractivity contribution in [3.63, 3.8) is 0 Å². The van der Waals surface area contributed by atoms with Gasteiger partial charge in [0.1, 0.15) is 11.4 Å². The molecule has 1 aromatic carbocycles. The molecule has 1 aliphatic carbocycles. The summed E-state index contributed by atoms with van der Waals surface area (Å²) in [4.78, 5) is 24.7. The first-order valence-electron chi connectivity index (χ1n) is 13.4. The zero-order valence-electron chi connectivity index (χ0n) is 22.2. The van der Waals surface area contributed by atoms with Crippen LogP contribution in [0.3, 0.4) is 0 Å². The number of likely N-dealkylation sites (tertiary alicyclic amines) is 1. The Labute approximate surface area is 214 Å². The van der Waals surface area contributed by atoms with E-state index in [0.29, 0.717) is 13.1 Å². The van der Waals surface area contributed by atoms with E-state index in [0.717, 1.165) is 55.6 Å². The third-order valence-electron chi connectivity index (χ3n) is 8.64. The summed E-state index contributed by atoms with van der Waals surface area (Å²) in [6.07, 6.45) is 6.57. The summed E-state index contributed by atoms with van der Waals surface area (Å²) < 4.78 is 2.49. The molecule has 3 atom stereocenters. The molecule has 7 heteroatoms. The number of aryl methyl sites for hydroxylation is 1. The average Bonchev–Trinajstić information content (AvgIpc) is 3.19. The molecule has 192 valence electrons. The number of amides is 1. The maximum Gasteiger partial charge on any atom is 0.513 e. The first kappa shape index (κ1) is 24.9. The Morgan fingerprint density at radius 1 is 1.17 bits per heavy atom. The van der Waals surface area contributed by atoms with Crippen molar-refractivity contribution in [1.29, 1.82) is 0 Å². The summed E-state index contributed by atoms with van der Waals surface area (Å²) in [6, 6.07) is 12.9. The van der Waals surface area contributed by atoms with Crippen molar-refractivity contribution >= 4 is 17.1 Å². The number of carboxylic acid groups (broad SMARTS) is 1. The number of aromatic nitrogens is 3. The van der Waals surface area contributed by atoms with E-state index >= 15 is 0 Å². The number of imidazole rings is 1. The van der Waals surface area contributed by atoms with Crippen molar-refractivity contribution in [3.05, 3.63) is 59.7 Å². The molecule has 1 unspecified atom stereocenters. The summed E-state index contributed by atoms with van der Waals surface area (Å²) in [6.45, 7) is 9.07. The minimum Gasteiger partial charge on any atom is -0.435 e. The van der Waals surface area contributed by atoms with Crippen molar-refractivity contribution in [2.75, 3.05) is 20.1 Å². The van der Waals surface area contributed by atoms with Gasteiger partial charge in [0.15, 0.2) is 0 Å². The molecule has 2 aliphatic rings. The van der Waals surface area contributed by atoms with Crippen LogP contribution in [-0.4, -0.2) is 60.8 Å². The molecule has 0 radical (unpaired) electrons. The van der Waals surface area contributed by atoms with E-state index in [1.165, 1.54) is 17.7 Å². The summed E-state index contributed by atoms with van der Waals surface area (Å²) >= 11 is 0. The van der Waals surface area contributed by atoms with Crippen LogP contribution in [0.4, 0.5) is 4.79 Å². The van der Waals surface area contributed by atoms with Crippen molar-refractivity contribution in [2.45, 2.75) is 77.5 Å². The molecule has 1 amide bonds. The van der Waals surface area contributed by atoms with Gasteiger partial charge in [0.25, 0.3) is 0 Å². The summed E-state index contributed by atoms with van der Waals surface area (Å²) in [5.74, 6) is 1.34. The molecule has 3 heterocycles. The molecular weight excluding hydrogens is 450 g/mol. The van der Waals surface area contributed by atoms with E-state index < -0.39 is 6.09 Å². The van der Waals surface area contributed by atoms with Crippen molar-refractivity contribution < 1.29 is 14.4 Å². The van der Waals surface area contributed by atoms with Gasteiger partial charge in [-0.1, -0.05) is 18.2 Å². The summed E-state index contributed by atoms with van der Waals surface area (Å²) in [5, 5.41) is 10.3. The third-order valence-corrected chi connectivity index (χ3v) is 8.64. The van der Waals surface area contributed by atoms with Crippen molar-refractivity contribution in [2.24, 2.45) is 5.92 Å². The monoisotopic (exact) mass is 490 g/mol. The Morgan fingerprint density at radius 2 is 1.97 bits per heavy atom. The smallest absolute Gasteiger partial charge is 0.435 e. The predicted molar refractivity (Wildman–Crippen MR) is 142 cm³/mol. The second-order valence-corrected chi connectivity index (χ2v) is 11.8. The molecule has 36 heavy (non-hydrogen) atoms. The van der Waals surface area contributed by atoms with Crippen LogP contribution in [0.2, 0.25) is 0 Å². The zero-order valence-corrected chi connectivity index (χ0v) is 22.2.